The van der Waals surface area contributed by atoms with Crippen LogP contribution in [0.25, 0.3) is 0 Å². The zero-order chi connectivity index (χ0) is 19.6. The van der Waals surface area contributed by atoms with Gasteiger partial charge in [0.1, 0.15) is 10.6 Å². The molecule has 2 heterocycles. The van der Waals surface area contributed by atoms with E-state index in [1.165, 1.54) is 24.5 Å². The Bertz CT molecular complexity index is 1070. The van der Waals surface area contributed by atoms with E-state index >= 15 is 0 Å². The van der Waals surface area contributed by atoms with Gasteiger partial charge in [-0.15, -0.1) is 0 Å². The van der Waals surface area contributed by atoms with E-state index in [9.17, 15) is 13.2 Å². The average Bonchev–Trinajstić information content (AvgIpc) is 3.40. The van der Waals surface area contributed by atoms with Crippen LogP contribution in [0.4, 0.5) is 0 Å². The van der Waals surface area contributed by atoms with Crippen LogP contribution in [0.2, 0.25) is 0 Å². The fraction of sp³-hybridized carbons (Fsp3) is 0.200. The Morgan fingerprint density at radius 1 is 1.07 bits per heavy atom. The maximum Gasteiger partial charge on any atom is 0.342 e. The Morgan fingerprint density at radius 2 is 1.79 bits per heavy atom. The molecule has 1 aromatic heterocycles. The topological polar surface area (TPSA) is 87.5 Å². The van der Waals surface area contributed by atoms with Crippen LogP contribution >= 0.6 is 0 Å². The second-order valence-corrected chi connectivity index (χ2v) is 7.98. The lowest BCUT2D eigenvalue weighted by atomic mass is 10.0. The largest absolute Gasteiger partial charge is 0.379 e. The number of carbonyl (C=O) groups excluding carboxylic acids is 1. The van der Waals surface area contributed by atoms with Gasteiger partial charge in [0, 0.05) is 23.9 Å². The number of hydrogen-bond donors (Lipinski definition) is 0. The summed E-state index contributed by atoms with van der Waals surface area (Å²) in [7, 11) is -4.02. The van der Waals surface area contributed by atoms with Gasteiger partial charge in [-0.1, -0.05) is 30.3 Å². The lowest BCUT2D eigenvalue weighted by Crippen LogP contribution is -2.11. The van der Waals surface area contributed by atoms with Gasteiger partial charge in [0.25, 0.3) is 0 Å². The minimum Gasteiger partial charge on any atom is -0.379 e. The summed E-state index contributed by atoms with van der Waals surface area (Å²) in [6, 6.07) is 14.9. The van der Waals surface area contributed by atoms with E-state index in [4.69, 9.17) is 8.92 Å². The number of rotatable bonds is 6. The molecule has 1 fully saturated rings. The molecule has 8 heteroatoms. The van der Waals surface area contributed by atoms with Gasteiger partial charge in [0.05, 0.1) is 18.8 Å². The summed E-state index contributed by atoms with van der Waals surface area (Å²) in [5.74, 6) is -0.0170. The molecule has 0 radical (unpaired) electrons. The zero-order valence-electron chi connectivity index (χ0n) is 14.9. The molecule has 0 aliphatic carbocycles. The Morgan fingerprint density at radius 3 is 2.46 bits per heavy atom. The van der Waals surface area contributed by atoms with Crippen LogP contribution in [0.3, 0.4) is 0 Å². The van der Waals surface area contributed by atoms with Crippen molar-refractivity contribution in [2.75, 3.05) is 13.2 Å². The molecule has 1 aliphatic heterocycles. The zero-order valence-corrected chi connectivity index (χ0v) is 15.7. The average molecular weight is 398 g/mol. The summed E-state index contributed by atoms with van der Waals surface area (Å²) in [6.45, 7) is 1.15. The van der Waals surface area contributed by atoms with E-state index in [1.54, 1.807) is 41.1 Å². The SMILES string of the molecule is O=C(c1ccccc1)c1ccc(OS(=O)(=O)c2cnn(C3CCOC3)c2)cc1. The molecule has 1 saturated heterocycles. The number of ketones is 1. The molecule has 0 saturated carbocycles. The number of ether oxygens (including phenoxy) is 1. The highest BCUT2D eigenvalue weighted by Gasteiger charge is 2.23. The van der Waals surface area contributed by atoms with Gasteiger partial charge in [-0.2, -0.15) is 13.5 Å². The highest BCUT2D eigenvalue weighted by Crippen LogP contribution is 2.23. The molecule has 3 aromatic rings. The van der Waals surface area contributed by atoms with Gasteiger partial charge < -0.3 is 8.92 Å². The number of nitrogens with zero attached hydrogens (tertiary/aromatic N) is 2. The summed E-state index contributed by atoms with van der Waals surface area (Å²) in [5.41, 5.74) is 1.01. The quantitative estimate of drug-likeness (QED) is 0.469. The molecule has 28 heavy (non-hydrogen) atoms. The Balaban J connectivity index is 1.48. The van der Waals surface area contributed by atoms with Crippen molar-refractivity contribution < 1.29 is 22.1 Å². The van der Waals surface area contributed by atoms with E-state index in [0.717, 1.165) is 6.42 Å². The molecule has 0 N–H and O–H groups in total. The van der Waals surface area contributed by atoms with E-state index in [-0.39, 0.29) is 22.5 Å². The van der Waals surface area contributed by atoms with Crippen LogP contribution < -0.4 is 4.18 Å². The van der Waals surface area contributed by atoms with E-state index < -0.39 is 10.1 Å². The minimum atomic E-state index is -4.02. The molecule has 0 amide bonds. The summed E-state index contributed by atoms with van der Waals surface area (Å²) < 4.78 is 37.1. The second kappa shape index (κ2) is 7.57. The molecular weight excluding hydrogens is 380 g/mol. The Labute approximate surface area is 162 Å². The van der Waals surface area contributed by atoms with Crippen molar-refractivity contribution in [3.63, 3.8) is 0 Å². The van der Waals surface area contributed by atoms with Crippen molar-refractivity contribution in [1.82, 2.24) is 9.78 Å². The first-order valence-electron chi connectivity index (χ1n) is 8.79. The Hall–Kier alpha value is -2.97. The second-order valence-electron chi connectivity index (χ2n) is 6.43. The van der Waals surface area contributed by atoms with Crippen molar-refractivity contribution in [2.24, 2.45) is 0 Å². The smallest absolute Gasteiger partial charge is 0.342 e. The summed E-state index contributed by atoms with van der Waals surface area (Å²) >= 11 is 0. The fourth-order valence-electron chi connectivity index (χ4n) is 2.97. The number of aromatic nitrogens is 2. The standard InChI is InChI=1S/C20H18N2O5S/c23-20(15-4-2-1-3-5-15)16-6-8-18(9-7-16)27-28(24,25)19-12-21-22(13-19)17-10-11-26-14-17/h1-9,12-13,17H,10-11,14H2. The van der Waals surface area contributed by atoms with E-state index in [2.05, 4.69) is 5.10 Å². The predicted molar refractivity (Wildman–Crippen MR) is 101 cm³/mol. The van der Waals surface area contributed by atoms with Crippen LogP contribution in [0.1, 0.15) is 28.4 Å². The van der Waals surface area contributed by atoms with Gasteiger partial charge >= 0.3 is 10.1 Å². The fourth-order valence-corrected chi connectivity index (χ4v) is 3.85. The number of benzene rings is 2. The van der Waals surface area contributed by atoms with Gasteiger partial charge in [0.2, 0.25) is 0 Å². The van der Waals surface area contributed by atoms with Gasteiger partial charge in [-0.05, 0) is 30.7 Å². The molecule has 1 atom stereocenters. The third kappa shape index (κ3) is 3.83. The van der Waals surface area contributed by atoms with Gasteiger partial charge in [-0.25, -0.2) is 0 Å². The molecule has 0 bridgehead atoms. The summed E-state index contributed by atoms with van der Waals surface area (Å²) in [5, 5.41) is 4.11. The maximum absolute atomic E-state index is 12.5. The first-order valence-corrected chi connectivity index (χ1v) is 10.2. The van der Waals surface area contributed by atoms with Crippen molar-refractivity contribution in [3.05, 3.63) is 78.1 Å². The molecule has 2 aromatic carbocycles. The predicted octanol–water partition coefficient (Wildman–Crippen LogP) is 2.84. The highest BCUT2D eigenvalue weighted by atomic mass is 32.2. The normalized spacial score (nSPS) is 16.8. The van der Waals surface area contributed by atoms with Crippen LogP contribution in [-0.4, -0.2) is 37.2 Å². The Kier molecular flexibility index (Phi) is 4.97. The molecular formula is C20H18N2O5S. The van der Waals surface area contributed by atoms with Crippen molar-refractivity contribution in [3.8, 4) is 5.75 Å². The van der Waals surface area contributed by atoms with Crippen LogP contribution in [0.15, 0.2) is 71.9 Å². The van der Waals surface area contributed by atoms with E-state index in [1.807, 2.05) is 6.07 Å². The molecule has 7 nitrogen and oxygen atoms in total. The molecule has 4 rings (SSSR count). The minimum absolute atomic E-state index is 0.0242. The first-order chi connectivity index (χ1) is 13.5. The van der Waals surface area contributed by atoms with Crippen LogP contribution in [0, 0.1) is 0 Å². The third-order valence-electron chi connectivity index (χ3n) is 4.50. The van der Waals surface area contributed by atoms with Crippen molar-refractivity contribution >= 4 is 15.9 Å². The monoisotopic (exact) mass is 398 g/mol. The first kappa shape index (κ1) is 18.4. The number of hydrogen-bond acceptors (Lipinski definition) is 6. The molecule has 0 spiro atoms. The maximum atomic E-state index is 12.5. The highest BCUT2D eigenvalue weighted by molar-refractivity contribution is 7.87. The van der Waals surface area contributed by atoms with Gasteiger partial charge in [0.15, 0.2) is 5.78 Å². The lowest BCUT2D eigenvalue weighted by molar-refractivity contribution is 0.103. The van der Waals surface area contributed by atoms with Crippen molar-refractivity contribution in [2.45, 2.75) is 17.4 Å². The summed E-state index contributed by atoms with van der Waals surface area (Å²) in [4.78, 5) is 12.4. The lowest BCUT2D eigenvalue weighted by Gasteiger charge is -2.08. The molecule has 144 valence electrons. The van der Waals surface area contributed by atoms with E-state index in [0.29, 0.717) is 24.3 Å². The third-order valence-corrected chi connectivity index (χ3v) is 5.70. The van der Waals surface area contributed by atoms with Crippen LogP contribution in [-0.2, 0) is 14.9 Å². The number of carbonyl (C=O) groups is 1. The van der Waals surface area contributed by atoms with Crippen LogP contribution in [0.5, 0.6) is 5.75 Å². The molecule has 1 aliphatic rings. The summed E-state index contributed by atoms with van der Waals surface area (Å²) in [6.07, 6.45) is 3.50. The molecule has 1 unspecified atom stereocenters. The van der Waals surface area contributed by atoms with Crippen molar-refractivity contribution in [1.29, 1.82) is 0 Å². The van der Waals surface area contributed by atoms with Gasteiger partial charge in [-0.3, -0.25) is 9.48 Å².